The van der Waals surface area contributed by atoms with Crippen molar-refractivity contribution in [2.45, 2.75) is 57.5 Å². The third-order valence-electron chi connectivity index (χ3n) is 6.04. The molecule has 1 unspecified atom stereocenters. The first kappa shape index (κ1) is 18.0. The average Bonchev–Trinajstić information content (AvgIpc) is 3.47. The van der Waals surface area contributed by atoms with E-state index in [0.29, 0.717) is 12.6 Å². The summed E-state index contributed by atoms with van der Waals surface area (Å²) in [7, 11) is 0. The molecular formula is C22H26N4OS. The van der Waals surface area contributed by atoms with Crippen molar-refractivity contribution < 1.29 is 0 Å². The summed E-state index contributed by atoms with van der Waals surface area (Å²) in [5.74, 6) is 0.907. The van der Waals surface area contributed by atoms with Crippen LogP contribution in [0.25, 0.3) is 10.2 Å². The highest BCUT2D eigenvalue weighted by molar-refractivity contribution is 7.18. The maximum absolute atomic E-state index is 13.1. The van der Waals surface area contributed by atoms with Crippen LogP contribution in [0.1, 0.15) is 41.7 Å². The minimum atomic E-state index is 0.140. The second-order valence-electron chi connectivity index (χ2n) is 8.18. The molecule has 5 nitrogen and oxygen atoms in total. The fourth-order valence-electron chi connectivity index (χ4n) is 4.19. The zero-order valence-electron chi connectivity index (χ0n) is 16.1. The smallest absolute Gasteiger partial charge is 0.262 e. The summed E-state index contributed by atoms with van der Waals surface area (Å²) in [4.78, 5) is 24.1. The van der Waals surface area contributed by atoms with E-state index in [9.17, 15) is 4.79 Å². The van der Waals surface area contributed by atoms with Crippen LogP contribution in [0.15, 0.2) is 35.6 Å². The number of thiophene rings is 1. The van der Waals surface area contributed by atoms with Crippen LogP contribution in [0.5, 0.6) is 0 Å². The molecule has 0 saturated heterocycles. The third-order valence-corrected chi connectivity index (χ3v) is 7.20. The van der Waals surface area contributed by atoms with Gasteiger partial charge in [0.05, 0.1) is 11.7 Å². The average molecular weight is 395 g/mol. The zero-order chi connectivity index (χ0) is 18.9. The van der Waals surface area contributed by atoms with Gasteiger partial charge in [0.15, 0.2) is 0 Å². The molecule has 5 rings (SSSR count). The highest BCUT2D eigenvalue weighted by Gasteiger charge is 2.27. The number of pyridine rings is 1. The van der Waals surface area contributed by atoms with Crippen LogP contribution in [0.2, 0.25) is 0 Å². The van der Waals surface area contributed by atoms with Crippen LogP contribution >= 0.6 is 11.3 Å². The van der Waals surface area contributed by atoms with Gasteiger partial charge in [0, 0.05) is 29.9 Å². The first-order valence-corrected chi connectivity index (χ1v) is 11.2. The minimum absolute atomic E-state index is 0.140. The van der Waals surface area contributed by atoms with Crippen molar-refractivity contribution in [2.75, 3.05) is 6.54 Å². The van der Waals surface area contributed by atoms with E-state index >= 15 is 0 Å². The molecular weight excluding hydrogens is 368 g/mol. The molecule has 3 aromatic heterocycles. The van der Waals surface area contributed by atoms with Crippen LogP contribution in [0.3, 0.4) is 0 Å². The Labute approximate surface area is 168 Å². The Morgan fingerprint density at radius 3 is 2.89 bits per heavy atom. The van der Waals surface area contributed by atoms with Crippen LogP contribution in [0, 0.1) is 5.92 Å². The summed E-state index contributed by atoms with van der Waals surface area (Å²) >= 11 is 1.73. The van der Waals surface area contributed by atoms with Gasteiger partial charge < -0.3 is 5.32 Å². The van der Waals surface area contributed by atoms with Gasteiger partial charge in [-0.1, -0.05) is 0 Å². The lowest BCUT2D eigenvalue weighted by Gasteiger charge is -2.23. The fraction of sp³-hybridized carbons (Fsp3) is 0.500. The third kappa shape index (κ3) is 3.76. The Morgan fingerprint density at radius 1 is 1.21 bits per heavy atom. The number of fused-ring (bicyclic) bond motifs is 3. The molecule has 1 fully saturated rings. The largest absolute Gasteiger partial charge is 0.313 e. The van der Waals surface area contributed by atoms with Gasteiger partial charge in [0.1, 0.15) is 4.83 Å². The molecule has 146 valence electrons. The summed E-state index contributed by atoms with van der Waals surface area (Å²) in [5, 5.41) is 4.62. The van der Waals surface area contributed by atoms with Crippen molar-refractivity contribution in [3.63, 3.8) is 0 Å². The lowest BCUT2D eigenvalue weighted by Crippen LogP contribution is -2.35. The predicted octanol–water partition coefficient (Wildman–Crippen LogP) is 3.34. The molecule has 28 heavy (non-hydrogen) atoms. The van der Waals surface area contributed by atoms with Gasteiger partial charge >= 0.3 is 0 Å². The Hall–Kier alpha value is -2.05. The van der Waals surface area contributed by atoms with Gasteiger partial charge in [-0.2, -0.15) is 0 Å². The van der Waals surface area contributed by atoms with Gasteiger partial charge in [-0.3, -0.25) is 14.3 Å². The maximum Gasteiger partial charge on any atom is 0.262 e. The highest BCUT2D eigenvalue weighted by Crippen LogP contribution is 2.34. The molecule has 0 radical (unpaired) electrons. The fourth-order valence-corrected chi connectivity index (χ4v) is 5.45. The quantitative estimate of drug-likeness (QED) is 0.668. The standard InChI is InChI=1S/C22H26N4OS/c27-22-20-18-6-5-17(24-13-16-3-4-16)12-19(18)28-21(20)25-14-26(22)11-1-2-15-7-9-23-10-8-15/h7-10,14,16-17,24H,1-6,11-13H2. The van der Waals surface area contributed by atoms with E-state index in [-0.39, 0.29) is 5.56 Å². The molecule has 0 bridgehead atoms. The van der Waals surface area contributed by atoms with Crippen molar-refractivity contribution >= 4 is 21.6 Å². The van der Waals surface area contributed by atoms with Crippen LogP contribution in [-0.2, 0) is 25.8 Å². The predicted molar refractivity (Wildman–Crippen MR) is 113 cm³/mol. The molecule has 2 aliphatic rings. The Bertz CT molecular complexity index is 1020. The normalized spacial score (nSPS) is 19.1. The molecule has 1 atom stereocenters. The molecule has 3 aromatic rings. The molecule has 0 aromatic carbocycles. The molecule has 6 heteroatoms. The van der Waals surface area contributed by atoms with E-state index in [2.05, 4.69) is 15.3 Å². The number of aryl methyl sites for hydroxylation is 3. The lowest BCUT2D eigenvalue weighted by atomic mass is 9.93. The van der Waals surface area contributed by atoms with E-state index in [4.69, 9.17) is 0 Å². The van der Waals surface area contributed by atoms with Crippen LogP contribution in [0.4, 0.5) is 0 Å². The van der Waals surface area contributed by atoms with Crippen molar-refractivity contribution in [3.05, 3.63) is 57.2 Å². The van der Waals surface area contributed by atoms with Crippen LogP contribution < -0.4 is 10.9 Å². The molecule has 3 heterocycles. The summed E-state index contributed by atoms with van der Waals surface area (Å²) in [6, 6.07) is 4.63. The topological polar surface area (TPSA) is 59.8 Å². The van der Waals surface area contributed by atoms with Crippen LogP contribution in [-0.4, -0.2) is 27.1 Å². The molecule has 1 N–H and O–H groups in total. The van der Waals surface area contributed by atoms with Gasteiger partial charge in [0.2, 0.25) is 0 Å². The van der Waals surface area contributed by atoms with Gasteiger partial charge in [0.25, 0.3) is 5.56 Å². The molecule has 1 saturated carbocycles. The Balaban J connectivity index is 1.31. The van der Waals surface area contributed by atoms with E-state index in [1.807, 2.05) is 24.5 Å². The van der Waals surface area contributed by atoms with Crippen molar-refractivity contribution in [1.29, 1.82) is 0 Å². The number of aromatic nitrogens is 3. The second kappa shape index (κ2) is 7.76. The van der Waals surface area contributed by atoms with E-state index in [1.165, 1.54) is 28.8 Å². The van der Waals surface area contributed by atoms with Gasteiger partial charge in [-0.15, -0.1) is 11.3 Å². The Kier molecular flexibility index (Phi) is 4.99. The maximum atomic E-state index is 13.1. The number of hydrogen-bond donors (Lipinski definition) is 1. The summed E-state index contributed by atoms with van der Waals surface area (Å²) in [5.41, 5.74) is 2.67. The van der Waals surface area contributed by atoms with Crippen molar-refractivity contribution in [2.24, 2.45) is 5.92 Å². The molecule has 0 spiro atoms. The highest BCUT2D eigenvalue weighted by atomic mass is 32.1. The molecule has 2 aliphatic carbocycles. The molecule has 0 amide bonds. The number of hydrogen-bond acceptors (Lipinski definition) is 5. The summed E-state index contributed by atoms with van der Waals surface area (Å²) < 4.78 is 1.80. The number of nitrogens with one attached hydrogen (secondary N) is 1. The number of nitrogens with zero attached hydrogens (tertiary/aromatic N) is 3. The SMILES string of the molecule is O=c1c2c3c(sc2ncn1CCCc1ccncc1)CC(NCC1CC1)CC3. The van der Waals surface area contributed by atoms with E-state index in [1.54, 1.807) is 22.2 Å². The van der Waals surface area contributed by atoms with Crippen molar-refractivity contribution in [3.8, 4) is 0 Å². The van der Waals surface area contributed by atoms with E-state index in [0.717, 1.165) is 54.8 Å². The minimum Gasteiger partial charge on any atom is -0.313 e. The summed E-state index contributed by atoms with van der Waals surface area (Å²) in [6.45, 7) is 1.87. The van der Waals surface area contributed by atoms with Gasteiger partial charge in [-0.05, 0) is 80.7 Å². The van der Waals surface area contributed by atoms with Crippen molar-refractivity contribution in [1.82, 2.24) is 19.9 Å². The van der Waals surface area contributed by atoms with E-state index < -0.39 is 0 Å². The lowest BCUT2D eigenvalue weighted by molar-refractivity contribution is 0.453. The first-order chi connectivity index (χ1) is 13.8. The summed E-state index contributed by atoms with van der Waals surface area (Å²) in [6.07, 6.45) is 13.2. The number of rotatable bonds is 7. The monoisotopic (exact) mass is 394 g/mol. The zero-order valence-corrected chi connectivity index (χ0v) is 16.9. The second-order valence-corrected chi connectivity index (χ2v) is 9.26. The van der Waals surface area contributed by atoms with Gasteiger partial charge in [-0.25, -0.2) is 4.98 Å². The first-order valence-electron chi connectivity index (χ1n) is 10.4. The molecule has 0 aliphatic heterocycles. The Morgan fingerprint density at radius 2 is 2.07 bits per heavy atom.